The third kappa shape index (κ3) is 3.37. The molecule has 2 aromatic rings. The SMILES string of the molecule is Cc1ccc(OCc2ccc(C#N)cc2)c([C@H](C)N)c1. The summed E-state index contributed by atoms with van der Waals surface area (Å²) in [5, 5.41) is 8.76. The van der Waals surface area contributed by atoms with Gasteiger partial charge in [0.05, 0.1) is 11.6 Å². The summed E-state index contributed by atoms with van der Waals surface area (Å²) < 4.78 is 5.85. The molecule has 2 rings (SSSR count). The molecule has 0 aliphatic rings. The Morgan fingerprint density at radius 1 is 1.20 bits per heavy atom. The average Bonchev–Trinajstić information content (AvgIpc) is 2.46. The van der Waals surface area contributed by atoms with Gasteiger partial charge in [0.1, 0.15) is 12.4 Å². The Morgan fingerprint density at radius 2 is 1.90 bits per heavy atom. The lowest BCUT2D eigenvalue weighted by molar-refractivity contribution is 0.301. The van der Waals surface area contributed by atoms with Gasteiger partial charge >= 0.3 is 0 Å². The van der Waals surface area contributed by atoms with Crippen LogP contribution in [0.5, 0.6) is 5.75 Å². The van der Waals surface area contributed by atoms with Crippen LogP contribution in [0.15, 0.2) is 42.5 Å². The quantitative estimate of drug-likeness (QED) is 0.921. The summed E-state index contributed by atoms with van der Waals surface area (Å²) in [5.74, 6) is 0.815. The molecule has 0 spiro atoms. The fraction of sp³-hybridized carbons (Fsp3) is 0.235. The van der Waals surface area contributed by atoms with Crippen molar-refractivity contribution in [3.63, 3.8) is 0 Å². The highest BCUT2D eigenvalue weighted by Crippen LogP contribution is 2.25. The summed E-state index contributed by atoms with van der Waals surface area (Å²) >= 11 is 0. The van der Waals surface area contributed by atoms with Crippen molar-refractivity contribution in [1.29, 1.82) is 5.26 Å². The van der Waals surface area contributed by atoms with E-state index in [2.05, 4.69) is 12.1 Å². The van der Waals surface area contributed by atoms with Crippen LogP contribution in [0, 0.1) is 18.3 Å². The van der Waals surface area contributed by atoms with Gasteiger partial charge in [0, 0.05) is 11.6 Å². The van der Waals surface area contributed by atoms with E-state index in [0.717, 1.165) is 16.9 Å². The molecule has 0 unspecified atom stereocenters. The number of benzene rings is 2. The number of nitrogens with zero attached hydrogens (tertiary/aromatic N) is 1. The second-order valence-electron chi connectivity index (χ2n) is 4.93. The van der Waals surface area contributed by atoms with Gasteiger partial charge in [-0.1, -0.05) is 29.8 Å². The molecule has 0 saturated heterocycles. The predicted molar refractivity (Wildman–Crippen MR) is 79.3 cm³/mol. The first-order valence-electron chi connectivity index (χ1n) is 6.58. The van der Waals surface area contributed by atoms with Gasteiger partial charge in [-0.05, 0) is 37.6 Å². The fourth-order valence-electron chi connectivity index (χ4n) is 1.99. The molecule has 0 saturated carbocycles. The molecule has 0 fully saturated rings. The maximum absolute atomic E-state index is 8.76. The summed E-state index contributed by atoms with van der Waals surface area (Å²) in [7, 11) is 0. The van der Waals surface area contributed by atoms with Crippen molar-refractivity contribution in [3.05, 3.63) is 64.7 Å². The van der Waals surface area contributed by atoms with Crippen molar-refractivity contribution >= 4 is 0 Å². The van der Waals surface area contributed by atoms with Gasteiger partial charge in [-0.2, -0.15) is 5.26 Å². The van der Waals surface area contributed by atoms with E-state index in [0.29, 0.717) is 12.2 Å². The molecular weight excluding hydrogens is 248 g/mol. The molecule has 0 amide bonds. The number of aryl methyl sites for hydroxylation is 1. The molecule has 0 radical (unpaired) electrons. The Bertz CT molecular complexity index is 624. The minimum Gasteiger partial charge on any atom is -0.489 e. The molecule has 1 atom stereocenters. The second-order valence-corrected chi connectivity index (χ2v) is 4.93. The first-order chi connectivity index (χ1) is 9.60. The van der Waals surface area contributed by atoms with Gasteiger partial charge in [0.2, 0.25) is 0 Å². The third-order valence-electron chi connectivity index (χ3n) is 3.13. The molecule has 2 N–H and O–H groups in total. The minimum absolute atomic E-state index is 0.0640. The maximum atomic E-state index is 8.76. The van der Waals surface area contributed by atoms with Crippen molar-refractivity contribution in [3.8, 4) is 11.8 Å². The van der Waals surface area contributed by atoms with Crippen molar-refractivity contribution in [1.82, 2.24) is 0 Å². The number of nitrogens with two attached hydrogens (primary N) is 1. The lowest BCUT2D eigenvalue weighted by Gasteiger charge is -2.15. The molecule has 0 aromatic heterocycles. The number of hydrogen-bond acceptors (Lipinski definition) is 3. The van der Waals surface area contributed by atoms with Crippen LogP contribution in [0.3, 0.4) is 0 Å². The average molecular weight is 266 g/mol. The predicted octanol–water partition coefficient (Wildman–Crippen LogP) is 3.47. The highest BCUT2D eigenvalue weighted by atomic mass is 16.5. The van der Waals surface area contributed by atoms with E-state index in [1.54, 1.807) is 12.1 Å². The summed E-state index contributed by atoms with van der Waals surface area (Å²) in [6.45, 7) is 4.45. The van der Waals surface area contributed by atoms with Gasteiger partial charge < -0.3 is 10.5 Å². The van der Waals surface area contributed by atoms with E-state index in [9.17, 15) is 0 Å². The van der Waals surface area contributed by atoms with Crippen molar-refractivity contribution < 1.29 is 4.74 Å². The van der Waals surface area contributed by atoms with Gasteiger partial charge in [-0.25, -0.2) is 0 Å². The van der Waals surface area contributed by atoms with Crippen LogP contribution in [-0.2, 0) is 6.61 Å². The van der Waals surface area contributed by atoms with E-state index in [-0.39, 0.29) is 6.04 Å². The highest BCUT2D eigenvalue weighted by Gasteiger charge is 2.08. The van der Waals surface area contributed by atoms with Crippen LogP contribution < -0.4 is 10.5 Å². The zero-order valence-corrected chi connectivity index (χ0v) is 11.8. The lowest BCUT2D eigenvalue weighted by atomic mass is 10.1. The molecule has 0 aliphatic heterocycles. The van der Waals surface area contributed by atoms with E-state index in [1.807, 2.05) is 38.1 Å². The number of rotatable bonds is 4. The maximum Gasteiger partial charge on any atom is 0.124 e. The molecular formula is C17H18N2O. The van der Waals surface area contributed by atoms with E-state index in [4.69, 9.17) is 15.7 Å². The summed E-state index contributed by atoms with van der Waals surface area (Å²) in [5.41, 5.74) is 9.84. The Labute approximate surface area is 119 Å². The van der Waals surface area contributed by atoms with Crippen molar-refractivity contribution in [2.45, 2.75) is 26.5 Å². The van der Waals surface area contributed by atoms with E-state index < -0.39 is 0 Å². The molecule has 20 heavy (non-hydrogen) atoms. The number of nitriles is 1. The molecule has 3 heteroatoms. The molecule has 3 nitrogen and oxygen atoms in total. The van der Waals surface area contributed by atoms with Crippen molar-refractivity contribution in [2.75, 3.05) is 0 Å². The monoisotopic (exact) mass is 266 g/mol. The normalized spacial score (nSPS) is 11.7. The minimum atomic E-state index is -0.0640. The Hall–Kier alpha value is -2.31. The molecule has 0 heterocycles. The van der Waals surface area contributed by atoms with E-state index >= 15 is 0 Å². The van der Waals surface area contributed by atoms with Crippen LogP contribution >= 0.6 is 0 Å². The van der Waals surface area contributed by atoms with E-state index in [1.165, 1.54) is 5.56 Å². The van der Waals surface area contributed by atoms with Gasteiger partial charge in [0.15, 0.2) is 0 Å². The standard InChI is InChI=1S/C17H18N2O/c1-12-3-8-17(16(9-12)13(2)19)20-11-15-6-4-14(10-18)5-7-15/h3-9,13H,11,19H2,1-2H3/t13-/m0/s1. The van der Waals surface area contributed by atoms with Gasteiger partial charge in [0.25, 0.3) is 0 Å². The topological polar surface area (TPSA) is 59.0 Å². The van der Waals surface area contributed by atoms with Crippen LogP contribution in [-0.4, -0.2) is 0 Å². The smallest absolute Gasteiger partial charge is 0.124 e. The fourth-order valence-corrected chi connectivity index (χ4v) is 1.99. The zero-order chi connectivity index (χ0) is 14.5. The largest absolute Gasteiger partial charge is 0.489 e. The van der Waals surface area contributed by atoms with Crippen molar-refractivity contribution in [2.24, 2.45) is 5.73 Å². The second kappa shape index (κ2) is 6.23. The highest BCUT2D eigenvalue weighted by molar-refractivity contribution is 5.39. The Morgan fingerprint density at radius 3 is 2.50 bits per heavy atom. The van der Waals surface area contributed by atoms with Crippen LogP contribution in [0.2, 0.25) is 0 Å². The number of ether oxygens (including phenoxy) is 1. The summed E-state index contributed by atoms with van der Waals surface area (Å²) in [4.78, 5) is 0. The molecule has 0 bridgehead atoms. The first-order valence-corrected chi connectivity index (χ1v) is 6.58. The number of hydrogen-bond donors (Lipinski definition) is 1. The van der Waals surface area contributed by atoms with Gasteiger partial charge in [-0.15, -0.1) is 0 Å². The molecule has 0 aliphatic carbocycles. The summed E-state index contributed by atoms with van der Waals surface area (Å²) in [6, 6.07) is 15.4. The van der Waals surface area contributed by atoms with Crippen LogP contribution in [0.25, 0.3) is 0 Å². The lowest BCUT2D eigenvalue weighted by Crippen LogP contribution is -2.08. The Kier molecular flexibility index (Phi) is 4.39. The molecule has 2 aromatic carbocycles. The summed E-state index contributed by atoms with van der Waals surface area (Å²) in [6.07, 6.45) is 0. The third-order valence-corrected chi connectivity index (χ3v) is 3.13. The first kappa shape index (κ1) is 14.1. The van der Waals surface area contributed by atoms with Crippen LogP contribution in [0.1, 0.15) is 35.2 Å². The Balaban J connectivity index is 2.12. The van der Waals surface area contributed by atoms with Crippen LogP contribution in [0.4, 0.5) is 0 Å². The van der Waals surface area contributed by atoms with Gasteiger partial charge in [-0.3, -0.25) is 0 Å². The molecule has 102 valence electrons. The zero-order valence-electron chi connectivity index (χ0n) is 11.8.